The first-order valence-corrected chi connectivity index (χ1v) is 7.76. The van der Waals surface area contributed by atoms with E-state index in [0.717, 1.165) is 29.9 Å². The monoisotopic (exact) mass is 344 g/mol. The van der Waals surface area contributed by atoms with Crippen molar-refractivity contribution in [3.8, 4) is 11.5 Å². The van der Waals surface area contributed by atoms with Crippen LogP contribution in [0.1, 0.15) is 32.3 Å². The molecule has 0 bridgehead atoms. The highest BCUT2D eigenvalue weighted by atomic mass is 35.5. The molecule has 0 aliphatic heterocycles. The molecule has 0 aliphatic carbocycles. The molecule has 23 heavy (non-hydrogen) atoms. The SMILES string of the molecule is CCC(CC)(CN)C(=O)NCCc1cc(OC)ccc1OC.Cl. The molecule has 0 spiro atoms. The van der Waals surface area contributed by atoms with E-state index in [-0.39, 0.29) is 18.3 Å². The predicted octanol–water partition coefficient (Wildman–Crippen LogP) is 2.55. The molecule has 0 atom stereocenters. The summed E-state index contributed by atoms with van der Waals surface area (Å²) in [6.07, 6.45) is 2.17. The Hall–Kier alpha value is -1.46. The molecule has 5 nitrogen and oxygen atoms in total. The molecule has 0 heterocycles. The molecule has 0 radical (unpaired) electrons. The fourth-order valence-corrected chi connectivity index (χ4v) is 2.53. The predicted molar refractivity (Wildman–Crippen MR) is 95.6 cm³/mol. The first-order valence-electron chi connectivity index (χ1n) is 7.76. The Balaban J connectivity index is 0.00000484. The molecule has 0 saturated heterocycles. The van der Waals surface area contributed by atoms with Crippen molar-refractivity contribution in [2.45, 2.75) is 33.1 Å². The van der Waals surface area contributed by atoms with Crippen LogP contribution in [0.2, 0.25) is 0 Å². The van der Waals surface area contributed by atoms with E-state index < -0.39 is 5.41 Å². The van der Waals surface area contributed by atoms with Crippen molar-refractivity contribution in [2.24, 2.45) is 11.1 Å². The minimum absolute atomic E-state index is 0. The highest BCUT2D eigenvalue weighted by molar-refractivity contribution is 5.85. The molecule has 0 saturated carbocycles. The zero-order valence-corrected chi connectivity index (χ0v) is 15.3. The molecular weight excluding hydrogens is 316 g/mol. The van der Waals surface area contributed by atoms with Crippen LogP contribution in [-0.4, -0.2) is 33.2 Å². The highest BCUT2D eigenvalue weighted by Gasteiger charge is 2.32. The Morgan fingerprint density at radius 3 is 2.35 bits per heavy atom. The summed E-state index contributed by atoms with van der Waals surface area (Å²) in [6, 6.07) is 5.66. The van der Waals surface area contributed by atoms with Crippen LogP contribution in [0.15, 0.2) is 18.2 Å². The second-order valence-corrected chi connectivity index (χ2v) is 5.38. The van der Waals surface area contributed by atoms with E-state index in [1.165, 1.54) is 0 Å². The first-order chi connectivity index (χ1) is 10.6. The third-order valence-electron chi connectivity index (χ3n) is 4.39. The summed E-state index contributed by atoms with van der Waals surface area (Å²) in [5.74, 6) is 1.61. The first kappa shape index (κ1) is 21.5. The molecule has 0 fully saturated rings. The summed E-state index contributed by atoms with van der Waals surface area (Å²) < 4.78 is 10.6. The van der Waals surface area contributed by atoms with Gasteiger partial charge in [0.05, 0.1) is 19.6 Å². The van der Waals surface area contributed by atoms with Gasteiger partial charge in [0.25, 0.3) is 0 Å². The summed E-state index contributed by atoms with van der Waals surface area (Å²) in [5, 5.41) is 3.00. The molecule has 132 valence electrons. The zero-order chi connectivity index (χ0) is 16.6. The van der Waals surface area contributed by atoms with Crippen LogP contribution >= 0.6 is 12.4 Å². The number of hydrogen-bond donors (Lipinski definition) is 2. The molecule has 1 amide bonds. The molecule has 3 N–H and O–H groups in total. The molecule has 1 rings (SSSR count). The fraction of sp³-hybridized carbons (Fsp3) is 0.588. The Labute approximate surface area is 145 Å². The fourth-order valence-electron chi connectivity index (χ4n) is 2.53. The molecular formula is C17H29ClN2O3. The largest absolute Gasteiger partial charge is 0.497 e. The highest BCUT2D eigenvalue weighted by Crippen LogP contribution is 2.26. The Bertz CT molecular complexity index is 482. The quantitative estimate of drug-likeness (QED) is 0.722. The van der Waals surface area contributed by atoms with Crippen molar-refractivity contribution in [3.63, 3.8) is 0 Å². The number of carbonyl (C=O) groups excluding carboxylic acids is 1. The Morgan fingerprint density at radius 2 is 1.87 bits per heavy atom. The number of amides is 1. The molecule has 1 aromatic rings. The third kappa shape index (κ3) is 5.29. The van der Waals surface area contributed by atoms with Crippen molar-refractivity contribution in [2.75, 3.05) is 27.3 Å². The van der Waals surface area contributed by atoms with E-state index in [9.17, 15) is 4.79 Å². The smallest absolute Gasteiger partial charge is 0.227 e. The van der Waals surface area contributed by atoms with Crippen LogP contribution in [0.5, 0.6) is 11.5 Å². The van der Waals surface area contributed by atoms with Gasteiger partial charge < -0.3 is 20.5 Å². The van der Waals surface area contributed by atoms with E-state index >= 15 is 0 Å². The maximum Gasteiger partial charge on any atom is 0.227 e. The maximum atomic E-state index is 12.4. The molecule has 6 heteroatoms. The number of carbonyl (C=O) groups is 1. The van der Waals surface area contributed by atoms with Gasteiger partial charge in [-0.05, 0) is 43.0 Å². The van der Waals surface area contributed by atoms with Crippen LogP contribution in [-0.2, 0) is 11.2 Å². The van der Waals surface area contributed by atoms with Crippen molar-refractivity contribution in [3.05, 3.63) is 23.8 Å². The number of halogens is 1. The van der Waals surface area contributed by atoms with E-state index in [2.05, 4.69) is 5.32 Å². The number of nitrogens with one attached hydrogen (secondary N) is 1. The van der Waals surface area contributed by atoms with E-state index in [1.54, 1.807) is 14.2 Å². The van der Waals surface area contributed by atoms with Gasteiger partial charge in [-0.15, -0.1) is 12.4 Å². The molecule has 0 aromatic heterocycles. The average Bonchev–Trinajstić information content (AvgIpc) is 2.56. The number of methoxy groups -OCH3 is 2. The van der Waals surface area contributed by atoms with Gasteiger partial charge in [-0.2, -0.15) is 0 Å². The van der Waals surface area contributed by atoms with E-state index in [1.807, 2.05) is 32.0 Å². The van der Waals surface area contributed by atoms with Crippen molar-refractivity contribution in [1.29, 1.82) is 0 Å². The average molecular weight is 345 g/mol. The van der Waals surface area contributed by atoms with Gasteiger partial charge >= 0.3 is 0 Å². The summed E-state index contributed by atoms with van der Waals surface area (Å²) in [7, 11) is 3.27. The van der Waals surface area contributed by atoms with Crippen LogP contribution in [0.4, 0.5) is 0 Å². The van der Waals surface area contributed by atoms with Crippen molar-refractivity contribution < 1.29 is 14.3 Å². The maximum absolute atomic E-state index is 12.4. The minimum Gasteiger partial charge on any atom is -0.497 e. The summed E-state index contributed by atoms with van der Waals surface area (Å²) in [4.78, 5) is 12.4. The number of nitrogens with two attached hydrogens (primary N) is 1. The second-order valence-electron chi connectivity index (χ2n) is 5.38. The molecule has 1 aromatic carbocycles. The van der Waals surface area contributed by atoms with E-state index in [0.29, 0.717) is 19.5 Å². The van der Waals surface area contributed by atoms with Gasteiger partial charge in [0.2, 0.25) is 5.91 Å². The van der Waals surface area contributed by atoms with Crippen LogP contribution < -0.4 is 20.5 Å². The topological polar surface area (TPSA) is 73.6 Å². The Kier molecular flexibility index (Phi) is 9.68. The van der Waals surface area contributed by atoms with Crippen LogP contribution in [0, 0.1) is 5.41 Å². The number of benzene rings is 1. The molecule has 0 unspecified atom stereocenters. The minimum atomic E-state index is -0.460. The summed E-state index contributed by atoms with van der Waals surface area (Å²) >= 11 is 0. The van der Waals surface area contributed by atoms with Gasteiger partial charge in [-0.25, -0.2) is 0 Å². The summed E-state index contributed by atoms with van der Waals surface area (Å²) in [6.45, 7) is 4.92. The van der Waals surface area contributed by atoms with Gasteiger partial charge in [-0.1, -0.05) is 13.8 Å². The molecule has 0 aliphatic rings. The number of ether oxygens (including phenoxy) is 2. The van der Waals surface area contributed by atoms with Gasteiger partial charge in [0.15, 0.2) is 0 Å². The van der Waals surface area contributed by atoms with Crippen molar-refractivity contribution in [1.82, 2.24) is 5.32 Å². The number of rotatable bonds is 9. The van der Waals surface area contributed by atoms with Crippen LogP contribution in [0.25, 0.3) is 0 Å². The van der Waals surface area contributed by atoms with Crippen LogP contribution in [0.3, 0.4) is 0 Å². The van der Waals surface area contributed by atoms with Gasteiger partial charge in [0.1, 0.15) is 11.5 Å². The lowest BCUT2D eigenvalue weighted by molar-refractivity contribution is -0.131. The van der Waals surface area contributed by atoms with E-state index in [4.69, 9.17) is 15.2 Å². The third-order valence-corrected chi connectivity index (χ3v) is 4.39. The summed E-state index contributed by atoms with van der Waals surface area (Å²) in [5.41, 5.74) is 6.35. The lowest BCUT2D eigenvalue weighted by Gasteiger charge is -2.28. The van der Waals surface area contributed by atoms with Crippen molar-refractivity contribution >= 4 is 18.3 Å². The zero-order valence-electron chi connectivity index (χ0n) is 14.5. The van der Waals surface area contributed by atoms with Gasteiger partial charge in [0, 0.05) is 13.1 Å². The Morgan fingerprint density at radius 1 is 1.22 bits per heavy atom. The standard InChI is InChI=1S/C17H28N2O3.ClH/c1-5-17(6-2,12-18)16(20)19-10-9-13-11-14(21-3)7-8-15(13)22-4;/h7-8,11H,5-6,9-10,12,18H2,1-4H3,(H,19,20);1H. The number of hydrogen-bond acceptors (Lipinski definition) is 4. The lowest BCUT2D eigenvalue weighted by atomic mass is 9.81. The normalized spacial score (nSPS) is 10.7. The lowest BCUT2D eigenvalue weighted by Crippen LogP contribution is -2.45. The second kappa shape index (κ2) is 10.3. The van der Waals surface area contributed by atoms with Gasteiger partial charge in [-0.3, -0.25) is 4.79 Å².